The number of anilines is 3. The average Bonchev–Trinajstić information content (AvgIpc) is 2.56. The Bertz CT molecular complexity index is 699. The van der Waals surface area contributed by atoms with Crippen molar-refractivity contribution in [1.29, 1.82) is 0 Å². The van der Waals surface area contributed by atoms with Crippen LogP contribution in [0.25, 0.3) is 0 Å². The maximum atomic E-state index is 12.7. The Balaban J connectivity index is 1.65. The average molecular weight is 293 g/mol. The van der Waals surface area contributed by atoms with Crippen LogP contribution in [0, 0.1) is 0 Å². The quantitative estimate of drug-likeness (QED) is 0.873. The van der Waals surface area contributed by atoms with Gasteiger partial charge in [0, 0.05) is 25.3 Å². The first kappa shape index (κ1) is 13.2. The van der Waals surface area contributed by atoms with Gasteiger partial charge in [-0.3, -0.25) is 4.90 Å². The number of urea groups is 1. The van der Waals surface area contributed by atoms with Crippen molar-refractivity contribution in [3.05, 3.63) is 54.1 Å². The summed E-state index contributed by atoms with van der Waals surface area (Å²) in [6.45, 7) is 2.74. The van der Waals surface area contributed by atoms with E-state index in [0.717, 1.165) is 37.4 Å². The van der Waals surface area contributed by atoms with E-state index < -0.39 is 0 Å². The van der Waals surface area contributed by atoms with E-state index in [0.29, 0.717) is 0 Å². The predicted molar refractivity (Wildman–Crippen MR) is 89.8 cm³/mol. The summed E-state index contributed by atoms with van der Waals surface area (Å²) in [5, 5.41) is 2.99. The van der Waals surface area contributed by atoms with E-state index in [1.807, 2.05) is 35.2 Å². The molecule has 112 valence electrons. The van der Waals surface area contributed by atoms with E-state index in [4.69, 9.17) is 0 Å². The zero-order chi connectivity index (χ0) is 14.9. The number of carbonyl (C=O) groups excluding carboxylic acids is 1. The number of carbonyl (C=O) groups is 1. The molecule has 0 aromatic heterocycles. The Morgan fingerprint density at radius 3 is 2.68 bits per heavy atom. The highest BCUT2D eigenvalue weighted by Crippen LogP contribution is 2.39. The van der Waals surface area contributed by atoms with E-state index in [1.54, 1.807) is 0 Å². The van der Waals surface area contributed by atoms with Crippen LogP contribution in [-0.4, -0.2) is 25.7 Å². The van der Waals surface area contributed by atoms with Crippen molar-refractivity contribution in [1.82, 2.24) is 0 Å². The fourth-order valence-corrected chi connectivity index (χ4v) is 3.42. The van der Waals surface area contributed by atoms with Crippen molar-refractivity contribution in [2.75, 3.05) is 34.8 Å². The number of nitrogens with zero attached hydrogens (tertiary/aromatic N) is 2. The summed E-state index contributed by atoms with van der Waals surface area (Å²) in [4.78, 5) is 16.9. The number of rotatable bonds is 1. The van der Waals surface area contributed by atoms with Crippen molar-refractivity contribution < 1.29 is 4.79 Å². The van der Waals surface area contributed by atoms with Gasteiger partial charge in [-0.05, 0) is 36.6 Å². The lowest BCUT2D eigenvalue weighted by Gasteiger charge is -2.41. The predicted octanol–water partition coefficient (Wildman–Crippen LogP) is 3.49. The molecule has 0 fully saturated rings. The monoisotopic (exact) mass is 293 g/mol. The van der Waals surface area contributed by atoms with Gasteiger partial charge in [0.05, 0.1) is 11.4 Å². The number of hydrogen-bond donors (Lipinski definition) is 1. The summed E-state index contributed by atoms with van der Waals surface area (Å²) in [6, 6.07) is 15.9. The van der Waals surface area contributed by atoms with Gasteiger partial charge >= 0.3 is 6.03 Å². The van der Waals surface area contributed by atoms with Gasteiger partial charge in [-0.2, -0.15) is 0 Å². The fourth-order valence-electron chi connectivity index (χ4n) is 3.42. The first-order valence-corrected chi connectivity index (χ1v) is 7.83. The molecule has 0 aliphatic carbocycles. The van der Waals surface area contributed by atoms with Crippen LogP contribution < -0.4 is 15.1 Å². The second-order valence-corrected chi connectivity index (χ2v) is 5.82. The van der Waals surface area contributed by atoms with Crippen LogP contribution in [0.1, 0.15) is 12.0 Å². The summed E-state index contributed by atoms with van der Waals surface area (Å²) < 4.78 is 0. The second kappa shape index (κ2) is 5.37. The van der Waals surface area contributed by atoms with Crippen molar-refractivity contribution in [2.24, 2.45) is 0 Å². The number of nitrogens with one attached hydrogen (secondary N) is 1. The van der Waals surface area contributed by atoms with E-state index in [-0.39, 0.29) is 6.03 Å². The summed E-state index contributed by atoms with van der Waals surface area (Å²) in [5.74, 6) is 0. The molecule has 4 heteroatoms. The molecule has 2 aliphatic heterocycles. The standard InChI is InChI=1S/C18H19N3O/c22-18(19-15-8-2-1-3-9-15)21-13-12-20-11-5-7-14-6-4-10-16(21)17(14)20/h1-4,6,8-10H,5,7,11-13H2,(H,19,22). The molecule has 0 atom stereocenters. The lowest BCUT2D eigenvalue weighted by Crippen LogP contribution is -2.47. The van der Waals surface area contributed by atoms with Crippen LogP contribution in [0.5, 0.6) is 0 Å². The van der Waals surface area contributed by atoms with Crippen LogP contribution in [-0.2, 0) is 6.42 Å². The zero-order valence-corrected chi connectivity index (χ0v) is 12.5. The van der Waals surface area contributed by atoms with E-state index >= 15 is 0 Å². The minimum absolute atomic E-state index is 0.0511. The molecular weight excluding hydrogens is 274 g/mol. The van der Waals surface area contributed by atoms with Gasteiger partial charge in [-0.25, -0.2) is 4.79 Å². The molecule has 0 bridgehead atoms. The molecular formula is C18H19N3O. The van der Waals surface area contributed by atoms with Gasteiger partial charge in [0.1, 0.15) is 0 Å². The van der Waals surface area contributed by atoms with E-state index in [1.165, 1.54) is 17.7 Å². The third kappa shape index (κ3) is 2.21. The molecule has 2 aromatic carbocycles. The molecule has 2 amide bonds. The minimum atomic E-state index is -0.0511. The minimum Gasteiger partial charge on any atom is -0.368 e. The van der Waals surface area contributed by atoms with Gasteiger partial charge in [0.15, 0.2) is 0 Å². The Kier molecular flexibility index (Phi) is 3.22. The van der Waals surface area contributed by atoms with E-state index in [9.17, 15) is 4.79 Å². The zero-order valence-electron chi connectivity index (χ0n) is 12.5. The molecule has 0 spiro atoms. The van der Waals surface area contributed by atoms with Gasteiger partial charge in [0.25, 0.3) is 0 Å². The summed E-state index contributed by atoms with van der Waals surface area (Å²) >= 11 is 0. The summed E-state index contributed by atoms with van der Waals surface area (Å²) in [5.41, 5.74) is 4.49. The lowest BCUT2D eigenvalue weighted by atomic mass is 9.98. The summed E-state index contributed by atoms with van der Waals surface area (Å²) in [6.07, 6.45) is 2.31. The number of para-hydroxylation sites is 2. The van der Waals surface area contributed by atoms with Crippen LogP contribution in [0.15, 0.2) is 48.5 Å². The molecule has 2 heterocycles. The van der Waals surface area contributed by atoms with Crippen molar-refractivity contribution in [3.63, 3.8) is 0 Å². The Morgan fingerprint density at radius 1 is 0.955 bits per heavy atom. The fraction of sp³-hybridized carbons (Fsp3) is 0.278. The molecule has 2 aromatic rings. The molecule has 0 saturated heterocycles. The molecule has 0 radical (unpaired) electrons. The Hall–Kier alpha value is -2.49. The maximum absolute atomic E-state index is 12.7. The second-order valence-electron chi connectivity index (χ2n) is 5.82. The van der Waals surface area contributed by atoms with Crippen LogP contribution in [0.2, 0.25) is 0 Å². The number of benzene rings is 2. The van der Waals surface area contributed by atoms with Gasteiger partial charge in [-0.15, -0.1) is 0 Å². The summed E-state index contributed by atoms with van der Waals surface area (Å²) in [7, 11) is 0. The molecule has 0 unspecified atom stereocenters. The van der Waals surface area contributed by atoms with Gasteiger partial charge < -0.3 is 10.2 Å². The van der Waals surface area contributed by atoms with Crippen molar-refractivity contribution >= 4 is 23.1 Å². The molecule has 2 aliphatic rings. The largest absolute Gasteiger partial charge is 0.368 e. The number of aryl methyl sites for hydroxylation is 1. The molecule has 4 nitrogen and oxygen atoms in total. The first-order valence-electron chi connectivity index (χ1n) is 7.83. The third-order valence-corrected chi connectivity index (χ3v) is 4.44. The topological polar surface area (TPSA) is 35.6 Å². The lowest BCUT2D eigenvalue weighted by molar-refractivity contribution is 0.256. The highest BCUT2D eigenvalue weighted by atomic mass is 16.2. The number of amides is 2. The van der Waals surface area contributed by atoms with E-state index in [2.05, 4.69) is 28.4 Å². The van der Waals surface area contributed by atoms with Crippen molar-refractivity contribution in [3.8, 4) is 0 Å². The van der Waals surface area contributed by atoms with Crippen LogP contribution in [0.4, 0.5) is 21.9 Å². The molecule has 0 saturated carbocycles. The smallest absolute Gasteiger partial charge is 0.326 e. The van der Waals surface area contributed by atoms with Gasteiger partial charge in [-0.1, -0.05) is 30.3 Å². The first-order chi connectivity index (χ1) is 10.8. The van der Waals surface area contributed by atoms with Crippen LogP contribution >= 0.6 is 0 Å². The van der Waals surface area contributed by atoms with Crippen LogP contribution in [0.3, 0.4) is 0 Å². The molecule has 22 heavy (non-hydrogen) atoms. The van der Waals surface area contributed by atoms with Crippen molar-refractivity contribution in [2.45, 2.75) is 12.8 Å². The normalized spacial score (nSPS) is 16.2. The SMILES string of the molecule is O=C(Nc1ccccc1)N1CCN2CCCc3cccc1c32. The Morgan fingerprint density at radius 2 is 1.82 bits per heavy atom. The van der Waals surface area contributed by atoms with Gasteiger partial charge in [0.2, 0.25) is 0 Å². The highest BCUT2D eigenvalue weighted by Gasteiger charge is 2.30. The highest BCUT2D eigenvalue weighted by molar-refractivity contribution is 6.05. The maximum Gasteiger partial charge on any atom is 0.326 e. The Labute approximate surface area is 130 Å². The number of hydrogen-bond acceptors (Lipinski definition) is 2. The molecule has 4 rings (SSSR count). The third-order valence-electron chi connectivity index (χ3n) is 4.44. The molecule has 1 N–H and O–H groups in total.